The van der Waals surface area contributed by atoms with E-state index in [2.05, 4.69) is 15.6 Å². The van der Waals surface area contributed by atoms with Gasteiger partial charge in [0.15, 0.2) is 0 Å². The quantitative estimate of drug-likeness (QED) is 0.674. The van der Waals surface area contributed by atoms with Gasteiger partial charge in [-0.1, -0.05) is 44.2 Å². The standard InChI is InChI=1S/C22H20N4O3/c1-22(2)12-17-16(13-23-26(17)14-8-4-3-5-9-14)19(28)20(22)24-25-21(29)15-10-6-7-11-18(15)27/h3-11,13,27H,12H2,1-2H3,(H,25,29)/b24-20-. The van der Waals surface area contributed by atoms with Gasteiger partial charge in [-0.2, -0.15) is 10.2 Å². The number of aromatic hydroxyl groups is 1. The summed E-state index contributed by atoms with van der Waals surface area (Å²) in [4.78, 5) is 25.5. The number of hydrogen-bond donors (Lipinski definition) is 2. The van der Waals surface area contributed by atoms with E-state index < -0.39 is 11.3 Å². The van der Waals surface area contributed by atoms with Crippen molar-refractivity contribution < 1.29 is 14.7 Å². The minimum Gasteiger partial charge on any atom is -0.507 e. The molecule has 0 saturated carbocycles. The second-order valence-corrected chi connectivity index (χ2v) is 7.56. The molecular weight excluding hydrogens is 368 g/mol. The number of phenolic OH excluding ortho intramolecular Hbond substituents is 1. The summed E-state index contributed by atoms with van der Waals surface area (Å²) in [5.74, 6) is -0.994. The molecule has 7 nitrogen and oxygen atoms in total. The Hall–Kier alpha value is -3.74. The van der Waals surface area contributed by atoms with Crippen LogP contribution in [0.4, 0.5) is 0 Å². The SMILES string of the molecule is CC1(C)Cc2c(cnn2-c2ccccc2)C(=O)/C1=N/NC(=O)c1ccccc1O. The molecule has 0 unspecified atom stereocenters. The number of aromatic nitrogens is 2. The largest absolute Gasteiger partial charge is 0.507 e. The summed E-state index contributed by atoms with van der Waals surface area (Å²) < 4.78 is 1.77. The predicted molar refractivity (Wildman–Crippen MR) is 108 cm³/mol. The summed E-state index contributed by atoms with van der Waals surface area (Å²) in [5, 5.41) is 18.4. The number of carbonyl (C=O) groups is 2. The van der Waals surface area contributed by atoms with Gasteiger partial charge in [-0.05, 0) is 24.3 Å². The molecule has 2 aromatic carbocycles. The molecule has 0 atom stereocenters. The molecule has 1 amide bonds. The molecule has 3 aromatic rings. The molecule has 146 valence electrons. The zero-order valence-corrected chi connectivity index (χ0v) is 16.1. The van der Waals surface area contributed by atoms with E-state index in [1.165, 1.54) is 12.1 Å². The summed E-state index contributed by atoms with van der Waals surface area (Å²) in [6.07, 6.45) is 2.08. The fourth-order valence-corrected chi connectivity index (χ4v) is 3.50. The number of carbonyl (C=O) groups excluding carboxylic acids is 2. The number of rotatable bonds is 3. The average molecular weight is 388 g/mol. The number of phenols is 1. The summed E-state index contributed by atoms with van der Waals surface area (Å²) in [7, 11) is 0. The fourth-order valence-electron chi connectivity index (χ4n) is 3.50. The third kappa shape index (κ3) is 3.31. The molecule has 2 N–H and O–H groups in total. The molecule has 7 heteroatoms. The number of amides is 1. The maximum Gasteiger partial charge on any atom is 0.275 e. The smallest absolute Gasteiger partial charge is 0.275 e. The van der Waals surface area contributed by atoms with Crippen molar-refractivity contribution in [1.82, 2.24) is 15.2 Å². The molecule has 1 aromatic heterocycles. The molecule has 1 heterocycles. The van der Waals surface area contributed by atoms with Gasteiger partial charge in [0, 0.05) is 11.8 Å². The molecule has 1 aliphatic rings. The molecule has 0 bridgehead atoms. The van der Waals surface area contributed by atoms with E-state index in [-0.39, 0.29) is 22.8 Å². The first-order valence-electron chi connectivity index (χ1n) is 9.22. The molecule has 0 spiro atoms. The lowest BCUT2D eigenvalue weighted by molar-refractivity contribution is 0.0951. The van der Waals surface area contributed by atoms with Crippen LogP contribution in [-0.4, -0.2) is 32.3 Å². The highest BCUT2D eigenvalue weighted by Gasteiger charge is 2.40. The van der Waals surface area contributed by atoms with Gasteiger partial charge in [0.1, 0.15) is 11.5 Å². The average Bonchev–Trinajstić information content (AvgIpc) is 3.11. The van der Waals surface area contributed by atoms with Crippen molar-refractivity contribution in [3.63, 3.8) is 0 Å². The van der Waals surface area contributed by atoms with Crippen LogP contribution in [0.25, 0.3) is 5.69 Å². The zero-order valence-electron chi connectivity index (χ0n) is 16.1. The van der Waals surface area contributed by atoms with E-state index in [0.29, 0.717) is 12.0 Å². The number of nitrogens with zero attached hydrogens (tertiary/aromatic N) is 3. The predicted octanol–water partition coefficient (Wildman–Crippen LogP) is 3.13. The first-order valence-corrected chi connectivity index (χ1v) is 9.22. The van der Waals surface area contributed by atoms with Gasteiger partial charge >= 0.3 is 0 Å². The molecule has 0 radical (unpaired) electrons. The van der Waals surface area contributed by atoms with Gasteiger partial charge < -0.3 is 5.11 Å². The van der Waals surface area contributed by atoms with Crippen molar-refractivity contribution in [3.05, 3.63) is 77.6 Å². The lowest BCUT2D eigenvalue weighted by atomic mass is 9.74. The van der Waals surface area contributed by atoms with Crippen molar-refractivity contribution >= 4 is 17.4 Å². The highest BCUT2D eigenvalue weighted by Crippen LogP contribution is 2.34. The second-order valence-electron chi connectivity index (χ2n) is 7.56. The van der Waals surface area contributed by atoms with Crippen molar-refractivity contribution in [2.45, 2.75) is 20.3 Å². The Balaban J connectivity index is 1.66. The number of fused-ring (bicyclic) bond motifs is 1. The van der Waals surface area contributed by atoms with E-state index in [4.69, 9.17) is 0 Å². The summed E-state index contributed by atoms with van der Waals surface area (Å²) in [5.41, 5.74) is 4.31. The van der Waals surface area contributed by atoms with E-state index >= 15 is 0 Å². The number of Topliss-reactive ketones (excluding diaryl/α,β-unsaturated/α-hetero) is 1. The lowest BCUT2D eigenvalue weighted by Gasteiger charge is -2.30. The van der Waals surface area contributed by atoms with Crippen LogP contribution in [0.2, 0.25) is 0 Å². The van der Waals surface area contributed by atoms with Crippen LogP contribution in [0.5, 0.6) is 5.75 Å². The third-order valence-electron chi connectivity index (χ3n) is 5.00. The maximum absolute atomic E-state index is 13.1. The van der Waals surface area contributed by atoms with Crippen LogP contribution < -0.4 is 5.43 Å². The Morgan fingerprint density at radius 1 is 1.14 bits per heavy atom. The number of benzene rings is 2. The first-order chi connectivity index (χ1) is 13.9. The van der Waals surface area contributed by atoms with Crippen LogP contribution in [0.15, 0.2) is 65.9 Å². The Morgan fingerprint density at radius 3 is 2.55 bits per heavy atom. The van der Waals surface area contributed by atoms with E-state index in [9.17, 15) is 14.7 Å². The van der Waals surface area contributed by atoms with Crippen LogP contribution >= 0.6 is 0 Å². The second kappa shape index (κ2) is 7.01. The van der Waals surface area contributed by atoms with Gasteiger partial charge in [0.05, 0.1) is 28.7 Å². The van der Waals surface area contributed by atoms with Gasteiger partial charge in [-0.3, -0.25) is 9.59 Å². The summed E-state index contributed by atoms with van der Waals surface area (Å²) in [6, 6.07) is 15.8. The summed E-state index contributed by atoms with van der Waals surface area (Å²) >= 11 is 0. The normalized spacial score (nSPS) is 16.5. The van der Waals surface area contributed by atoms with E-state index in [1.54, 1.807) is 23.0 Å². The van der Waals surface area contributed by atoms with Crippen molar-refractivity contribution in [3.8, 4) is 11.4 Å². The topological polar surface area (TPSA) is 96.6 Å². The van der Waals surface area contributed by atoms with Crippen LogP contribution in [0.1, 0.15) is 40.3 Å². The molecule has 0 aliphatic heterocycles. The van der Waals surface area contributed by atoms with Crippen LogP contribution in [0, 0.1) is 5.41 Å². The third-order valence-corrected chi connectivity index (χ3v) is 5.00. The molecule has 4 rings (SSSR count). The number of ketones is 1. The molecule has 0 saturated heterocycles. The van der Waals surface area contributed by atoms with E-state index in [0.717, 1.165) is 11.4 Å². The number of hydrogen-bond acceptors (Lipinski definition) is 5. The molecule has 0 fully saturated rings. The molecule has 1 aliphatic carbocycles. The zero-order chi connectivity index (χ0) is 20.6. The van der Waals surface area contributed by atoms with Gasteiger partial charge in [0.25, 0.3) is 5.91 Å². The Labute approximate surface area is 167 Å². The minimum absolute atomic E-state index is 0.0931. The Bertz CT molecular complexity index is 1130. The van der Waals surface area contributed by atoms with Crippen molar-refractivity contribution in [2.24, 2.45) is 10.5 Å². The molecule has 29 heavy (non-hydrogen) atoms. The lowest BCUT2D eigenvalue weighted by Crippen LogP contribution is -2.40. The summed E-state index contributed by atoms with van der Waals surface area (Å²) in [6.45, 7) is 3.81. The number of para-hydroxylation sites is 2. The Kier molecular flexibility index (Phi) is 4.50. The van der Waals surface area contributed by atoms with Gasteiger partial charge in [-0.25, -0.2) is 10.1 Å². The van der Waals surface area contributed by atoms with Crippen molar-refractivity contribution in [1.29, 1.82) is 0 Å². The van der Waals surface area contributed by atoms with Gasteiger partial charge in [0.2, 0.25) is 5.78 Å². The van der Waals surface area contributed by atoms with Crippen molar-refractivity contribution in [2.75, 3.05) is 0 Å². The molecular formula is C22H20N4O3. The van der Waals surface area contributed by atoms with Crippen LogP contribution in [-0.2, 0) is 6.42 Å². The number of nitrogens with one attached hydrogen (secondary N) is 1. The maximum atomic E-state index is 13.1. The highest BCUT2D eigenvalue weighted by atomic mass is 16.3. The Morgan fingerprint density at radius 2 is 1.83 bits per heavy atom. The van der Waals surface area contributed by atoms with Crippen LogP contribution in [0.3, 0.4) is 0 Å². The van der Waals surface area contributed by atoms with E-state index in [1.807, 2.05) is 44.2 Å². The van der Waals surface area contributed by atoms with Gasteiger partial charge in [-0.15, -0.1) is 0 Å². The highest BCUT2D eigenvalue weighted by molar-refractivity contribution is 6.48. The fraction of sp³-hybridized carbons (Fsp3) is 0.182. The number of hydrazone groups is 1. The monoisotopic (exact) mass is 388 g/mol. The first kappa shape index (κ1) is 18.6. The minimum atomic E-state index is -0.608.